The smallest absolute Gasteiger partial charge is 0.411 e. The molecule has 1 aromatic carbocycles. The van der Waals surface area contributed by atoms with Crippen molar-refractivity contribution in [1.82, 2.24) is 4.90 Å². The summed E-state index contributed by atoms with van der Waals surface area (Å²) >= 11 is 0. The number of benzene rings is 1. The van der Waals surface area contributed by atoms with Crippen LogP contribution in [0.5, 0.6) is 5.75 Å². The number of halogens is 1. The normalized spacial score (nSPS) is 14.8. The SMILES string of the molecule is CCOC(=O)Nc1ccc(OCCN2CCOCC2)cc1.Cl. The highest BCUT2D eigenvalue weighted by atomic mass is 35.5. The topological polar surface area (TPSA) is 60.0 Å². The van der Waals surface area contributed by atoms with Crippen molar-refractivity contribution in [2.45, 2.75) is 6.92 Å². The molecule has 0 spiro atoms. The molecule has 0 atom stereocenters. The summed E-state index contributed by atoms with van der Waals surface area (Å²) in [4.78, 5) is 13.6. The molecule has 1 amide bonds. The van der Waals surface area contributed by atoms with Crippen LogP contribution in [0.1, 0.15) is 6.92 Å². The van der Waals surface area contributed by atoms with Crippen molar-refractivity contribution in [3.8, 4) is 5.75 Å². The summed E-state index contributed by atoms with van der Waals surface area (Å²) in [5.41, 5.74) is 0.689. The lowest BCUT2D eigenvalue weighted by Gasteiger charge is -2.26. The third kappa shape index (κ3) is 6.51. The molecule has 1 fully saturated rings. The summed E-state index contributed by atoms with van der Waals surface area (Å²) in [6, 6.07) is 7.25. The molecule has 1 aromatic rings. The summed E-state index contributed by atoms with van der Waals surface area (Å²) in [5.74, 6) is 0.790. The third-order valence-electron chi connectivity index (χ3n) is 3.16. The van der Waals surface area contributed by atoms with Gasteiger partial charge in [-0.2, -0.15) is 0 Å². The number of nitrogens with zero attached hydrogens (tertiary/aromatic N) is 1. The molecule has 1 saturated heterocycles. The molecule has 0 saturated carbocycles. The standard InChI is InChI=1S/C15H22N2O4.ClH/c1-2-20-15(18)16-13-3-5-14(6-4-13)21-12-9-17-7-10-19-11-8-17;/h3-6H,2,7-12H2,1H3,(H,16,18);1H. The zero-order chi connectivity index (χ0) is 14.9. The van der Waals surface area contributed by atoms with E-state index >= 15 is 0 Å². The summed E-state index contributed by atoms with van der Waals surface area (Å²) in [6.07, 6.45) is -0.446. The second kappa shape index (κ2) is 10.3. The van der Waals surface area contributed by atoms with Gasteiger partial charge in [0.25, 0.3) is 0 Å². The number of anilines is 1. The van der Waals surface area contributed by atoms with Gasteiger partial charge in [0.05, 0.1) is 19.8 Å². The fraction of sp³-hybridized carbons (Fsp3) is 0.533. The van der Waals surface area contributed by atoms with Crippen molar-refractivity contribution in [2.24, 2.45) is 0 Å². The van der Waals surface area contributed by atoms with Crippen molar-refractivity contribution >= 4 is 24.2 Å². The third-order valence-corrected chi connectivity index (χ3v) is 3.16. The maximum Gasteiger partial charge on any atom is 0.411 e. The molecule has 0 aliphatic carbocycles. The van der Waals surface area contributed by atoms with Crippen LogP contribution in [0.4, 0.5) is 10.5 Å². The Kier molecular flexibility index (Phi) is 8.65. The first kappa shape index (κ1) is 18.5. The van der Waals surface area contributed by atoms with Gasteiger partial charge in [-0.3, -0.25) is 10.2 Å². The highest BCUT2D eigenvalue weighted by Gasteiger charge is 2.09. The number of nitrogens with one attached hydrogen (secondary N) is 1. The van der Waals surface area contributed by atoms with Gasteiger partial charge in [-0.05, 0) is 31.2 Å². The van der Waals surface area contributed by atoms with Gasteiger partial charge in [-0.25, -0.2) is 4.79 Å². The van der Waals surface area contributed by atoms with E-state index in [2.05, 4.69) is 10.2 Å². The van der Waals surface area contributed by atoms with E-state index in [-0.39, 0.29) is 12.4 Å². The number of ether oxygens (including phenoxy) is 3. The van der Waals surface area contributed by atoms with E-state index in [1.807, 2.05) is 12.1 Å². The minimum absolute atomic E-state index is 0. The van der Waals surface area contributed by atoms with Crippen LogP contribution in [0, 0.1) is 0 Å². The lowest BCUT2D eigenvalue weighted by molar-refractivity contribution is 0.0322. The van der Waals surface area contributed by atoms with Crippen molar-refractivity contribution in [2.75, 3.05) is 51.4 Å². The Morgan fingerprint density at radius 3 is 2.59 bits per heavy atom. The number of carbonyl (C=O) groups is 1. The summed E-state index contributed by atoms with van der Waals surface area (Å²) < 4.78 is 15.8. The quantitative estimate of drug-likeness (QED) is 0.868. The second-order valence-electron chi connectivity index (χ2n) is 4.67. The molecule has 7 heteroatoms. The summed E-state index contributed by atoms with van der Waals surface area (Å²) in [7, 11) is 0. The summed E-state index contributed by atoms with van der Waals surface area (Å²) in [5, 5.41) is 2.64. The number of amides is 1. The van der Waals surface area contributed by atoms with Gasteiger partial charge < -0.3 is 14.2 Å². The van der Waals surface area contributed by atoms with E-state index in [1.54, 1.807) is 19.1 Å². The number of rotatable bonds is 6. The lowest BCUT2D eigenvalue weighted by Crippen LogP contribution is -2.38. The first-order valence-corrected chi connectivity index (χ1v) is 7.24. The van der Waals surface area contributed by atoms with Gasteiger partial charge in [0, 0.05) is 25.3 Å². The highest BCUT2D eigenvalue weighted by molar-refractivity contribution is 5.85. The number of carbonyl (C=O) groups excluding carboxylic acids is 1. The van der Waals surface area contributed by atoms with Crippen LogP contribution in [0.3, 0.4) is 0 Å². The van der Waals surface area contributed by atoms with Gasteiger partial charge in [-0.15, -0.1) is 12.4 Å². The molecular weight excluding hydrogens is 308 g/mol. The molecule has 2 rings (SSSR count). The van der Waals surface area contributed by atoms with Crippen LogP contribution in [0.25, 0.3) is 0 Å². The van der Waals surface area contributed by atoms with E-state index in [0.29, 0.717) is 18.9 Å². The number of hydrogen-bond acceptors (Lipinski definition) is 5. The first-order valence-electron chi connectivity index (χ1n) is 7.24. The Bertz CT molecular complexity index is 436. The van der Waals surface area contributed by atoms with E-state index in [4.69, 9.17) is 14.2 Å². The molecule has 0 unspecified atom stereocenters. The molecule has 1 aliphatic heterocycles. The highest BCUT2D eigenvalue weighted by Crippen LogP contribution is 2.15. The van der Waals surface area contributed by atoms with Gasteiger partial charge in [0.2, 0.25) is 0 Å². The average molecular weight is 331 g/mol. The average Bonchev–Trinajstić information content (AvgIpc) is 2.50. The minimum atomic E-state index is -0.446. The molecule has 0 aromatic heterocycles. The predicted octanol–water partition coefficient (Wildman–Crippen LogP) is 2.39. The molecule has 1 aliphatic rings. The fourth-order valence-electron chi connectivity index (χ4n) is 2.04. The van der Waals surface area contributed by atoms with Crippen LogP contribution in [0.2, 0.25) is 0 Å². The van der Waals surface area contributed by atoms with E-state index in [0.717, 1.165) is 38.6 Å². The lowest BCUT2D eigenvalue weighted by atomic mass is 10.3. The van der Waals surface area contributed by atoms with Crippen LogP contribution in [-0.4, -0.2) is 57.1 Å². The molecule has 0 bridgehead atoms. The van der Waals surface area contributed by atoms with E-state index in [9.17, 15) is 4.79 Å². The summed E-state index contributed by atoms with van der Waals surface area (Å²) in [6.45, 7) is 7.19. The van der Waals surface area contributed by atoms with Gasteiger partial charge >= 0.3 is 6.09 Å². The second-order valence-corrected chi connectivity index (χ2v) is 4.67. The van der Waals surface area contributed by atoms with Gasteiger partial charge in [0.1, 0.15) is 12.4 Å². The van der Waals surface area contributed by atoms with E-state index in [1.165, 1.54) is 0 Å². The van der Waals surface area contributed by atoms with Gasteiger partial charge in [0.15, 0.2) is 0 Å². The zero-order valence-electron chi connectivity index (χ0n) is 12.7. The van der Waals surface area contributed by atoms with Crippen molar-refractivity contribution in [1.29, 1.82) is 0 Å². The molecule has 124 valence electrons. The van der Waals surface area contributed by atoms with Crippen LogP contribution < -0.4 is 10.1 Å². The van der Waals surface area contributed by atoms with Crippen LogP contribution >= 0.6 is 12.4 Å². The largest absolute Gasteiger partial charge is 0.492 e. The number of morpholine rings is 1. The molecular formula is C15H23ClN2O4. The maximum atomic E-state index is 11.3. The van der Waals surface area contributed by atoms with Crippen LogP contribution in [-0.2, 0) is 9.47 Å². The Morgan fingerprint density at radius 2 is 1.95 bits per heavy atom. The Balaban J connectivity index is 0.00000242. The molecule has 1 heterocycles. The van der Waals surface area contributed by atoms with Crippen molar-refractivity contribution in [3.63, 3.8) is 0 Å². The Morgan fingerprint density at radius 1 is 1.27 bits per heavy atom. The van der Waals surface area contributed by atoms with E-state index < -0.39 is 6.09 Å². The molecule has 0 radical (unpaired) electrons. The maximum absolute atomic E-state index is 11.3. The molecule has 1 N–H and O–H groups in total. The zero-order valence-corrected chi connectivity index (χ0v) is 13.6. The van der Waals surface area contributed by atoms with Crippen molar-refractivity contribution < 1.29 is 19.0 Å². The molecule has 6 nitrogen and oxygen atoms in total. The first-order chi connectivity index (χ1) is 10.3. The Hall–Kier alpha value is -1.50. The van der Waals surface area contributed by atoms with Crippen LogP contribution in [0.15, 0.2) is 24.3 Å². The van der Waals surface area contributed by atoms with Crippen molar-refractivity contribution in [3.05, 3.63) is 24.3 Å². The molecule has 22 heavy (non-hydrogen) atoms. The Labute approximate surface area is 137 Å². The fourth-order valence-corrected chi connectivity index (χ4v) is 2.04. The number of hydrogen-bond donors (Lipinski definition) is 1. The predicted molar refractivity (Wildman–Crippen MR) is 87.1 cm³/mol. The minimum Gasteiger partial charge on any atom is -0.492 e. The monoisotopic (exact) mass is 330 g/mol. The van der Waals surface area contributed by atoms with Gasteiger partial charge in [-0.1, -0.05) is 0 Å².